The number of hydrogen-bond acceptors (Lipinski definition) is 2. The summed E-state index contributed by atoms with van der Waals surface area (Å²) in [6, 6.07) is 8.24. The molecule has 1 amide bonds. The second kappa shape index (κ2) is 4.87. The van der Waals surface area contributed by atoms with Crippen molar-refractivity contribution in [3.8, 4) is 0 Å². The maximum Gasteiger partial charge on any atom is 0.245 e. The lowest BCUT2D eigenvalue weighted by atomic mass is 9.87. The van der Waals surface area contributed by atoms with Gasteiger partial charge >= 0.3 is 0 Å². The molecule has 0 spiro atoms. The molecule has 0 aliphatic carbocycles. The third-order valence-corrected chi connectivity index (χ3v) is 4.25. The highest BCUT2D eigenvalue weighted by molar-refractivity contribution is 5.87. The molecule has 104 valence electrons. The molecule has 1 aromatic carbocycles. The summed E-state index contributed by atoms with van der Waals surface area (Å²) >= 11 is 0. The molecule has 1 N–H and O–H groups in total. The van der Waals surface area contributed by atoms with Crippen molar-refractivity contribution in [2.75, 3.05) is 12.4 Å². The summed E-state index contributed by atoms with van der Waals surface area (Å²) in [5, 5.41) is 3.33. The highest BCUT2D eigenvalue weighted by atomic mass is 16.2. The first-order valence-corrected chi connectivity index (χ1v) is 6.92. The third-order valence-electron chi connectivity index (χ3n) is 4.25. The first-order valence-electron chi connectivity index (χ1n) is 6.92. The van der Waals surface area contributed by atoms with Gasteiger partial charge in [-0.05, 0) is 24.0 Å². The lowest BCUT2D eigenvalue weighted by Crippen LogP contribution is -2.48. The summed E-state index contributed by atoms with van der Waals surface area (Å²) in [5.74, 6) is 0.179. The SMILES string of the molecule is CC(N(C)C(=O)[C@@H]1Cc2ccccc2N1)C(C)(C)C. The smallest absolute Gasteiger partial charge is 0.245 e. The minimum Gasteiger partial charge on any atom is -0.373 e. The first-order chi connectivity index (χ1) is 8.80. The molecule has 0 fully saturated rings. The minimum absolute atomic E-state index is 0.0931. The van der Waals surface area contributed by atoms with Crippen molar-refractivity contribution < 1.29 is 4.79 Å². The Morgan fingerprint density at radius 3 is 2.58 bits per heavy atom. The molecule has 19 heavy (non-hydrogen) atoms. The van der Waals surface area contributed by atoms with Crippen molar-refractivity contribution in [2.45, 2.75) is 46.2 Å². The number of carbonyl (C=O) groups is 1. The van der Waals surface area contributed by atoms with Gasteiger partial charge in [-0.2, -0.15) is 0 Å². The number of amides is 1. The van der Waals surface area contributed by atoms with Crippen molar-refractivity contribution in [2.24, 2.45) is 5.41 Å². The zero-order chi connectivity index (χ0) is 14.2. The van der Waals surface area contributed by atoms with Crippen molar-refractivity contribution in [3.05, 3.63) is 29.8 Å². The van der Waals surface area contributed by atoms with Crippen molar-refractivity contribution in [1.82, 2.24) is 4.90 Å². The van der Waals surface area contributed by atoms with Gasteiger partial charge in [0.25, 0.3) is 0 Å². The number of hydrogen-bond donors (Lipinski definition) is 1. The van der Waals surface area contributed by atoms with E-state index in [1.165, 1.54) is 5.56 Å². The Morgan fingerprint density at radius 1 is 1.37 bits per heavy atom. The molecule has 1 unspecified atom stereocenters. The van der Waals surface area contributed by atoms with E-state index in [1.807, 2.05) is 30.1 Å². The molecule has 0 saturated heterocycles. The first kappa shape index (κ1) is 13.9. The lowest BCUT2D eigenvalue weighted by molar-refractivity contribution is -0.134. The average Bonchev–Trinajstić information content (AvgIpc) is 2.78. The average molecular weight is 260 g/mol. The molecule has 0 aromatic heterocycles. The van der Waals surface area contributed by atoms with Gasteiger partial charge < -0.3 is 10.2 Å². The monoisotopic (exact) mass is 260 g/mol. The van der Waals surface area contributed by atoms with E-state index in [0.717, 1.165) is 12.1 Å². The molecule has 0 bridgehead atoms. The highest BCUT2D eigenvalue weighted by Gasteiger charge is 2.33. The summed E-state index contributed by atoms with van der Waals surface area (Å²) < 4.78 is 0. The van der Waals surface area contributed by atoms with Crippen molar-refractivity contribution in [1.29, 1.82) is 0 Å². The van der Waals surface area contributed by atoms with Gasteiger partial charge in [0.05, 0.1) is 0 Å². The van der Waals surface area contributed by atoms with Crippen LogP contribution in [0.15, 0.2) is 24.3 Å². The van der Waals surface area contributed by atoms with Crippen LogP contribution in [0, 0.1) is 5.41 Å². The second-order valence-electron chi connectivity index (χ2n) is 6.55. The summed E-state index contributed by atoms with van der Waals surface area (Å²) in [7, 11) is 1.91. The Labute approximate surface area is 116 Å². The normalized spacial score (nSPS) is 19.5. The Morgan fingerprint density at radius 2 is 2.00 bits per heavy atom. The maximum atomic E-state index is 12.6. The molecule has 2 rings (SSSR count). The molecule has 1 aromatic rings. The van der Waals surface area contributed by atoms with Gasteiger partial charge in [0.15, 0.2) is 0 Å². The van der Waals surface area contributed by atoms with Gasteiger partial charge in [-0.1, -0.05) is 39.0 Å². The number of para-hydroxylation sites is 1. The Balaban J connectivity index is 2.07. The van der Waals surface area contributed by atoms with Gasteiger partial charge in [-0.25, -0.2) is 0 Å². The van der Waals surface area contributed by atoms with Crippen LogP contribution in [0.2, 0.25) is 0 Å². The zero-order valence-corrected chi connectivity index (χ0v) is 12.5. The van der Waals surface area contributed by atoms with Crippen LogP contribution in [0.5, 0.6) is 0 Å². The highest BCUT2D eigenvalue weighted by Crippen LogP contribution is 2.28. The fourth-order valence-electron chi connectivity index (χ4n) is 2.46. The second-order valence-corrected chi connectivity index (χ2v) is 6.55. The van der Waals surface area contributed by atoms with Gasteiger partial charge in [0.1, 0.15) is 6.04 Å². The van der Waals surface area contributed by atoms with Crippen LogP contribution in [0.4, 0.5) is 5.69 Å². The third kappa shape index (κ3) is 2.75. The van der Waals surface area contributed by atoms with Gasteiger partial charge in [-0.15, -0.1) is 0 Å². The molecular formula is C16H24N2O. The van der Waals surface area contributed by atoms with Crippen molar-refractivity contribution >= 4 is 11.6 Å². The molecule has 2 atom stereocenters. The van der Waals surface area contributed by atoms with Crippen LogP contribution in [-0.2, 0) is 11.2 Å². The molecule has 1 heterocycles. The van der Waals surface area contributed by atoms with E-state index in [9.17, 15) is 4.79 Å². The van der Waals surface area contributed by atoms with E-state index in [0.29, 0.717) is 0 Å². The molecule has 1 aliphatic heterocycles. The maximum absolute atomic E-state index is 12.6. The number of rotatable bonds is 2. The van der Waals surface area contributed by atoms with Crippen LogP contribution in [0.1, 0.15) is 33.3 Å². The fourth-order valence-corrected chi connectivity index (χ4v) is 2.46. The molecule has 1 aliphatic rings. The summed E-state index contributed by atoms with van der Waals surface area (Å²) in [4.78, 5) is 14.4. The van der Waals surface area contributed by atoms with Crippen LogP contribution in [0.3, 0.4) is 0 Å². The summed E-state index contributed by atoms with van der Waals surface area (Å²) in [6.45, 7) is 8.61. The number of fused-ring (bicyclic) bond motifs is 1. The van der Waals surface area contributed by atoms with Gasteiger partial charge in [0.2, 0.25) is 5.91 Å². The number of likely N-dealkylation sites (N-methyl/N-ethyl adjacent to an activating group) is 1. The van der Waals surface area contributed by atoms with Crippen LogP contribution >= 0.6 is 0 Å². The van der Waals surface area contributed by atoms with E-state index in [2.05, 4.69) is 39.1 Å². The van der Waals surface area contributed by atoms with Crippen LogP contribution < -0.4 is 5.32 Å². The predicted octanol–water partition coefficient (Wildman–Crippen LogP) is 2.92. The molecule has 3 heteroatoms. The predicted molar refractivity (Wildman–Crippen MR) is 79.2 cm³/mol. The Bertz CT molecular complexity index is 451. The number of carbonyl (C=O) groups excluding carboxylic acids is 1. The number of benzene rings is 1. The van der Waals surface area contributed by atoms with Crippen molar-refractivity contribution in [3.63, 3.8) is 0 Å². The van der Waals surface area contributed by atoms with E-state index in [1.54, 1.807) is 0 Å². The topological polar surface area (TPSA) is 32.3 Å². The molecule has 0 saturated carbocycles. The summed E-state index contributed by atoms with van der Waals surface area (Å²) in [6.07, 6.45) is 0.788. The van der Waals surface area contributed by atoms with E-state index in [-0.39, 0.29) is 23.4 Å². The number of anilines is 1. The van der Waals surface area contributed by atoms with E-state index >= 15 is 0 Å². The number of nitrogens with one attached hydrogen (secondary N) is 1. The van der Waals surface area contributed by atoms with E-state index in [4.69, 9.17) is 0 Å². The lowest BCUT2D eigenvalue weighted by Gasteiger charge is -2.36. The minimum atomic E-state index is -0.118. The van der Waals surface area contributed by atoms with Gasteiger partial charge in [0, 0.05) is 25.2 Å². The molecule has 3 nitrogen and oxygen atoms in total. The largest absolute Gasteiger partial charge is 0.373 e. The van der Waals surface area contributed by atoms with Crippen LogP contribution in [-0.4, -0.2) is 29.9 Å². The molecule has 0 radical (unpaired) electrons. The number of nitrogens with zero attached hydrogens (tertiary/aromatic N) is 1. The summed E-state index contributed by atoms with van der Waals surface area (Å²) in [5.41, 5.74) is 2.42. The Kier molecular flexibility index (Phi) is 3.57. The Hall–Kier alpha value is -1.51. The standard InChI is InChI=1S/C16H24N2O/c1-11(16(2,3)4)18(5)15(19)14-10-12-8-6-7-9-13(12)17-14/h6-9,11,14,17H,10H2,1-5H3/t11?,14-/m0/s1. The zero-order valence-electron chi connectivity index (χ0n) is 12.5. The van der Waals surface area contributed by atoms with Crippen LogP contribution in [0.25, 0.3) is 0 Å². The fraction of sp³-hybridized carbons (Fsp3) is 0.562. The molecular weight excluding hydrogens is 236 g/mol. The quantitative estimate of drug-likeness (QED) is 0.886. The van der Waals surface area contributed by atoms with Gasteiger partial charge in [-0.3, -0.25) is 4.79 Å². The van der Waals surface area contributed by atoms with E-state index < -0.39 is 0 Å².